The predicted octanol–water partition coefficient (Wildman–Crippen LogP) is 4.12. The molecule has 0 radical (unpaired) electrons. The van der Waals surface area contributed by atoms with E-state index in [0.29, 0.717) is 5.92 Å². The molecule has 3 rings (SSSR count). The maximum Gasteiger partial charge on any atom is 0.104 e. The van der Waals surface area contributed by atoms with Gasteiger partial charge < -0.3 is 9.73 Å². The van der Waals surface area contributed by atoms with E-state index in [4.69, 9.17) is 4.42 Å². The summed E-state index contributed by atoms with van der Waals surface area (Å²) in [6, 6.07) is 13.4. The highest BCUT2D eigenvalue weighted by Crippen LogP contribution is 2.25. The lowest BCUT2D eigenvalue weighted by atomic mass is 9.94. The molecule has 0 bridgehead atoms. The van der Waals surface area contributed by atoms with Gasteiger partial charge >= 0.3 is 0 Å². The number of furan rings is 1. The molecular weight excluding hydrogens is 302 g/mol. The molecule has 100 valence electrons. The van der Waals surface area contributed by atoms with Crippen molar-refractivity contribution in [3.8, 4) is 0 Å². The normalized spacial score (nSPS) is 16.5. The molecule has 2 nitrogen and oxygen atoms in total. The largest absolute Gasteiger partial charge is 0.469 e. The van der Waals surface area contributed by atoms with Crippen molar-refractivity contribution in [2.24, 2.45) is 0 Å². The van der Waals surface area contributed by atoms with Crippen LogP contribution >= 0.6 is 15.9 Å². The first-order valence-electron chi connectivity index (χ1n) is 6.82. The Balaban J connectivity index is 1.71. The second-order valence-corrected chi connectivity index (χ2v) is 6.13. The van der Waals surface area contributed by atoms with Crippen LogP contribution in [0.1, 0.15) is 30.1 Å². The number of hydrogen-bond acceptors (Lipinski definition) is 2. The van der Waals surface area contributed by atoms with Crippen LogP contribution in [0.5, 0.6) is 0 Å². The molecule has 1 aliphatic carbocycles. The average Bonchev–Trinajstić information content (AvgIpc) is 3.11. The van der Waals surface area contributed by atoms with Crippen molar-refractivity contribution in [1.82, 2.24) is 5.32 Å². The molecule has 1 atom stereocenters. The minimum absolute atomic E-state index is 0.472. The van der Waals surface area contributed by atoms with Gasteiger partial charge in [-0.15, -0.1) is 0 Å². The van der Waals surface area contributed by atoms with Gasteiger partial charge in [-0.25, -0.2) is 0 Å². The zero-order chi connectivity index (χ0) is 13.1. The van der Waals surface area contributed by atoms with Gasteiger partial charge in [0.15, 0.2) is 0 Å². The third-order valence-electron chi connectivity index (χ3n) is 3.60. The van der Waals surface area contributed by atoms with Crippen LogP contribution in [0.2, 0.25) is 0 Å². The Kier molecular flexibility index (Phi) is 4.04. The lowest BCUT2D eigenvalue weighted by Crippen LogP contribution is -2.24. The van der Waals surface area contributed by atoms with E-state index in [0.717, 1.165) is 29.2 Å². The van der Waals surface area contributed by atoms with Crippen molar-refractivity contribution in [3.05, 3.63) is 58.5 Å². The lowest BCUT2D eigenvalue weighted by Gasteiger charge is -2.17. The lowest BCUT2D eigenvalue weighted by molar-refractivity contribution is 0.472. The maximum absolute atomic E-state index is 5.49. The topological polar surface area (TPSA) is 25.2 Å². The van der Waals surface area contributed by atoms with Crippen LogP contribution in [-0.4, -0.2) is 12.6 Å². The van der Waals surface area contributed by atoms with Crippen molar-refractivity contribution in [2.75, 3.05) is 6.54 Å². The molecule has 1 fully saturated rings. The molecule has 1 saturated carbocycles. The van der Waals surface area contributed by atoms with Crippen molar-refractivity contribution < 1.29 is 4.42 Å². The highest BCUT2D eigenvalue weighted by atomic mass is 79.9. The first kappa shape index (κ1) is 12.9. The van der Waals surface area contributed by atoms with E-state index in [1.165, 1.54) is 18.4 Å². The molecule has 1 N–H and O–H groups in total. The van der Waals surface area contributed by atoms with E-state index < -0.39 is 0 Å². The van der Waals surface area contributed by atoms with E-state index in [1.54, 1.807) is 6.26 Å². The number of nitrogens with one attached hydrogen (secondary N) is 1. The number of benzene rings is 1. The highest BCUT2D eigenvalue weighted by molar-refractivity contribution is 9.10. The van der Waals surface area contributed by atoms with Gasteiger partial charge in [0.2, 0.25) is 0 Å². The first-order chi connectivity index (χ1) is 9.31. The van der Waals surface area contributed by atoms with Crippen molar-refractivity contribution in [1.29, 1.82) is 0 Å². The maximum atomic E-state index is 5.49. The predicted molar refractivity (Wildman–Crippen MR) is 80.3 cm³/mol. The van der Waals surface area contributed by atoms with Gasteiger partial charge in [0.25, 0.3) is 0 Å². The highest BCUT2D eigenvalue weighted by Gasteiger charge is 2.23. The third-order valence-corrected chi connectivity index (χ3v) is 4.13. The molecule has 0 spiro atoms. The summed E-state index contributed by atoms with van der Waals surface area (Å²) < 4.78 is 6.62. The number of rotatable bonds is 6. The standard InChI is InChI=1S/C16H18BrNO/c17-14-5-3-12(4-6-14)13(11-18-15-7-8-15)10-16-2-1-9-19-16/h1-6,9,13,15,18H,7-8,10-11H2. The smallest absolute Gasteiger partial charge is 0.104 e. The fourth-order valence-corrected chi connectivity index (χ4v) is 2.58. The summed E-state index contributed by atoms with van der Waals surface area (Å²) in [5.41, 5.74) is 1.37. The van der Waals surface area contributed by atoms with E-state index in [1.807, 2.05) is 6.07 Å². The van der Waals surface area contributed by atoms with Gasteiger partial charge in [0.05, 0.1) is 6.26 Å². The van der Waals surface area contributed by atoms with Gasteiger partial charge in [0.1, 0.15) is 5.76 Å². The van der Waals surface area contributed by atoms with Crippen LogP contribution in [0.25, 0.3) is 0 Å². The van der Waals surface area contributed by atoms with Crippen LogP contribution in [-0.2, 0) is 6.42 Å². The van der Waals surface area contributed by atoms with Crippen molar-refractivity contribution in [2.45, 2.75) is 31.2 Å². The first-order valence-corrected chi connectivity index (χ1v) is 7.62. The number of hydrogen-bond donors (Lipinski definition) is 1. The Morgan fingerprint density at radius 1 is 1.21 bits per heavy atom. The summed E-state index contributed by atoms with van der Waals surface area (Å²) in [5.74, 6) is 1.53. The molecular formula is C16H18BrNO. The molecule has 3 heteroatoms. The molecule has 1 aromatic carbocycles. The summed E-state index contributed by atoms with van der Waals surface area (Å²) in [7, 11) is 0. The van der Waals surface area contributed by atoms with Crippen LogP contribution in [0.4, 0.5) is 0 Å². The zero-order valence-corrected chi connectivity index (χ0v) is 12.4. The Bertz CT molecular complexity index is 502. The molecule has 1 heterocycles. The fourth-order valence-electron chi connectivity index (χ4n) is 2.31. The van der Waals surface area contributed by atoms with Crippen molar-refractivity contribution >= 4 is 15.9 Å². The summed E-state index contributed by atoms with van der Waals surface area (Å²) in [6.07, 6.45) is 5.36. The Labute approximate surface area is 122 Å². The van der Waals surface area contributed by atoms with Gasteiger partial charge in [-0.2, -0.15) is 0 Å². The molecule has 1 unspecified atom stereocenters. The quantitative estimate of drug-likeness (QED) is 0.866. The summed E-state index contributed by atoms with van der Waals surface area (Å²) in [5, 5.41) is 3.63. The molecule has 0 amide bonds. The van der Waals surface area contributed by atoms with Gasteiger partial charge in [0, 0.05) is 29.4 Å². The van der Waals surface area contributed by atoms with Crippen LogP contribution < -0.4 is 5.32 Å². The SMILES string of the molecule is Brc1ccc(C(CNC2CC2)Cc2ccco2)cc1. The zero-order valence-electron chi connectivity index (χ0n) is 10.8. The summed E-state index contributed by atoms with van der Waals surface area (Å²) in [4.78, 5) is 0. The second-order valence-electron chi connectivity index (χ2n) is 5.21. The second kappa shape index (κ2) is 5.93. The average molecular weight is 320 g/mol. The fraction of sp³-hybridized carbons (Fsp3) is 0.375. The minimum Gasteiger partial charge on any atom is -0.469 e. The Morgan fingerprint density at radius 3 is 2.63 bits per heavy atom. The van der Waals surface area contributed by atoms with Gasteiger partial charge in [-0.05, 0) is 42.7 Å². The molecule has 1 aliphatic rings. The molecule has 2 aromatic rings. The Hall–Kier alpha value is -1.06. The van der Waals surface area contributed by atoms with Gasteiger partial charge in [-0.1, -0.05) is 28.1 Å². The molecule has 0 aliphatic heterocycles. The van der Waals surface area contributed by atoms with E-state index in [9.17, 15) is 0 Å². The van der Waals surface area contributed by atoms with E-state index >= 15 is 0 Å². The van der Waals surface area contributed by atoms with E-state index in [-0.39, 0.29) is 0 Å². The number of halogens is 1. The van der Waals surface area contributed by atoms with Gasteiger partial charge in [-0.3, -0.25) is 0 Å². The summed E-state index contributed by atoms with van der Waals surface area (Å²) >= 11 is 3.49. The molecule has 0 saturated heterocycles. The minimum atomic E-state index is 0.472. The van der Waals surface area contributed by atoms with Crippen LogP contribution in [0, 0.1) is 0 Å². The molecule has 19 heavy (non-hydrogen) atoms. The monoisotopic (exact) mass is 319 g/mol. The van der Waals surface area contributed by atoms with Crippen LogP contribution in [0.15, 0.2) is 51.6 Å². The summed E-state index contributed by atoms with van der Waals surface area (Å²) in [6.45, 7) is 1.02. The van der Waals surface area contributed by atoms with E-state index in [2.05, 4.69) is 51.6 Å². The third kappa shape index (κ3) is 3.71. The Morgan fingerprint density at radius 2 is 2.00 bits per heavy atom. The molecule has 1 aromatic heterocycles. The van der Waals surface area contributed by atoms with Crippen molar-refractivity contribution in [3.63, 3.8) is 0 Å². The van der Waals surface area contributed by atoms with Crippen LogP contribution in [0.3, 0.4) is 0 Å².